The van der Waals surface area contributed by atoms with Crippen molar-refractivity contribution in [2.75, 3.05) is 0 Å². The van der Waals surface area contributed by atoms with Crippen LogP contribution in [-0.2, 0) is 10.8 Å². The van der Waals surface area contributed by atoms with Gasteiger partial charge in [-0.3, -0.25) is 0 Å². The summed E-state index contributed by atoms with van der Waals surface area (Å²) in [5, 5.41) is 0. The minimum Gasteiger partial charge on any atom is -0.456 e. The predicted molar refractivity (Wildman–Crippen MR) is 240 cm³/mol. The molecule has 1 aliphatic heterocycles. The highest BCUT2D eigenvalue weighted by atomic mass is 16.5. The average molecular weight is 757 g/mol. The molecule has 3 heteroatoms. The Morgan fingerprint density at radius 2 is 0.847 bits per heavy atom. The van der Waals surface area contributed by atoms with Crippen LogP contribution < -0.4 is 4.74 Å². The highest BCUT2D eigenvalue weighted by Gasteiger charge is 2.53. The average Bonchev–Trinajstić information content (AvgIpc) is 3.31. The van der Waals surface area contributed by atoms with Crippen LogP contribution in [0.1, 0.15) is 47.2 Å². The first-order chi connectivity index (χ1) is 29.0. The zero-order chi connectivity index (χ0) is 39.6. The van der Waals surface area contributed by atoms with E-state index >= 15 is 0 Å². The number of hydrogen-bond acceptors (Lipinski definition) is 3. The van der Waals surface area contributed by atoms with Gasteiger partial charge in [0.1, 0.15) is 11.5 Å². The molecular weight excluding hydrogens is 717 g/mol. The van der Waals surface area contributed by atoms with Crippen LogP contribution in [0.5, 0.6) is 11.5 Å². The van der Waals surface area contributed by atoms with Gasteiger partial charge in [0.15, 0.2) is 5.82 Å². The molecule has 3 nitrogen and oxygen atoms in total. The second-order valence-corrected chi connectivity index (χ2v) is 16.1. The molecule has 1 spiro atoms. The third-order valence-electron chi connectivity index (χ3n) is 12.4. The van der Waals surface area contributed by atoms with Gasteiger partial charge in [-0.1, -0.05) is 202 Å². The van der Waals surface area contributed by atoms with E-state index in [2.05, 4.69) is 196 Å². The van der Waals surface area contributed by atoms with Crippen molar-refractivity contribution >= 4 is 0 Å². The van der Waals surface area contributed by atoms with Gasteiger partial charge in [0.05, 0.1) is 16.8 Å². The number of aromatic nitrogens is 2. The fraction of sp³-hybridized carbons (Fsp3) is 0.0714. The van der Waals surface area contributed by atoms with Crippen molar-refractivity contribution in [3.63, 3.8) is 0 Å². The van der Waals surface area contributed by atoms with Crippen molar-refractivity contribution < 1.29 is 4.74 Å². The lowest BCUT2D eigenvalue weighted by Gasteiger charge is -2.50. The maximum Gasteiger partial charge on any atom is 0.160 e. The van der Waals surface area contributed by atoms with E-state index in [0.717, 1.165) is 61.8 Å². The van der Waals surface area contributed by atoms with Crippen LogP contribution in [0.4, 0.5) is 0 Å². The van der Waals surface area contributed by atoms with Gasteiger partial charge in [0.25, 0.3) is 0 Å². The Labute approximate surface area is 345 Å². The van der Waals surface area contributed by atoms with E-state index < -0.39 is 5.41 Å². The van der Waals surface area contributed by atoms with Gasteiger partial charge in [-0.05, 0) is 57.1 Å². The molecule has 0 saturated heterocycles. The summed E-state index contributed by atoms with van der Waals surface area (Å²) in [5.41, 5.74) is 16.1. The van der Waals surface area contributed by atoms with Gasteiger partial charge in [0.2, 0.25) is 0 Å². The van der Waals surface area contributed by atoms with Gasteiger partial charge < -0.3 is 4.74 Å². The Hall–Kier alpha value is -7.36. The van der Waals surface area contributed by atoms with Crippen molar-refractivity contribution in [3.8, 4) is 67.7 Å². The lowest BCUT2D eigenvalue weighted by molar-refractivity contribution is 0.427. The first kappa shape index (κ1) is 34.9. The normalized spacial score (nSPS) is 14.0. The third kappa shape index (κ3) is 5.50. The van der Waals surface area contributed by atoms with Gasteiger partial charge in [-0.2, -0.15) is 0 Å². The first-order valence-electron chi connectivity index (χ1n) is 20.3. The maximum absolute atomic E-state index is 7.04. The number of para-hydroxylation sites is 2. The van der Waals surface area contributed by atoms with E-state index in [1.807, 2.05) is 24.3 Å². The van der Waals surface area contributed by atoms with Crippen molar-refractivity contribution in [1.29, 1.82) is 0 Å². The predicted octanol–water partition coefficient (Wildman–Crippen LogP) is 13.9. The number of hydrogen-bond donors (Lipinski definition) is 0. The molecule has 11 rings (SSSR count). The molecule has 280 valence electrons. The number of nitrogens with zero attached hydrogens (tertiary/aromatic N) is 2. The zero-order valence-electron chi connectivity index (χ0n) is 32.9. The Kier molecular flexibility index (Phi) is 8.06. The number of ether oxygens (including phenoxy) is 1. The van der Waals surface area contributed by atoms with Gasteiger partial charge >= 0.3 is 0 Å². The second-order valence-electron chi connectivity index (χ2n) is 16.1. The summed E-state index contributed by atoms with van der Waals surface area (Å²) in [5.74, 6) is 2.46. The minimum absolute atomic E-state index is 0.175. The summed E-state index contributed by atoms with van der Waals surface area (Å²) in [6, 6.07) is 73.5. The molecule has 8 aromatic carbocycles. The SMILES string of the molecule is CC1(C)c2ccccc2C2(c3ccccc3Oc3c(-c4ccc(-c5cc(-c6cccc(-c7ccccc7)c6)nc(-c6ccccc6)n5)cc4)cccc32)c2ccccc21. The van der Waals surface area contributed by atoms with Crippen LogP contribution in [0.3, 0.4) is 0 Å². The second kappa shape index (κ2) is 13.6. The first-order valence-corrected chi connectivity index (χ1v) is 20.3. The Morgan fingerprint density at radius 1 is 0.356 bits per heavy atom. The third-order valence-corrected chi connectivity index (χ3v) is 12.4. The molecule has 2 aliphatic rings. The molecule has 59 heavy (non-hydrogen) atoms. The van der Waals surface area contributed by atoms with Gasteiger partial charge in [0, 0.05) is 38.8 Å². The summed E-state index contributed by atoms with van der Waals surface area (Å²) in [6.07, 6.45) is 0. The molecule has 2 heterocycles. The summed E-state index contributed by atoms with van der Waals surface area (Å²) >= 11 is 0. The Bertz CT molecular complexity index is 2990. The van der Waals surface area contributed by atoms with Gasteiger partial charge in [-0.25, -0.2) is 9.97 Å². The fourth-order valence-electron chi connectivity index (χ4n) is 9.64. The Balaban J connectivity index is 1.05. The molecule has 0 fully saturated rings. The van der Waals surface area contributed by atoms with Crippen molar-refractivity contribution in [1.82, 2.24) is 9.97 Å². The molecule has 1 aromatic heterocycles. The molecule has 0 atom stereocenters. The van der Waals surface area contributed by atoms with E-state index in [-0.39, 0.29) is 5.41 Å². The summed E-state index contributed by atoms with van der Waals surface area (Å²) in [4.78, 5) is 10.3. The fourth-order valence-corrected chi connectivity index (χ4v) is 9.64. The van der Waals surface area contributed by atoms with Crippen LogP contribution >= 0.6 is 0 Å². The van der Waals surface area contributed by atoms with E-state index in [9.17, 15) is 0 Å². The molecule has 0 amide bonds. The quantitative estimate of drug-likeness (QED) is 0.175. The van der Waals surface area contributed by atoms with E-state index in [4.69, 9.17) is 14.7 Å². The summed E-state index contributed by atoms with van der Waals surface area (Å²) in [7, 11) is 0. The standard InChI is InChI=1S/C56H40N2O/c1-55(2)44-24-9-11-26-46(44)56(47-27-12-10-25-45(47)55)48-28-13-14-30-52(48)59-53-43(23-16-29-49(53)56)38-31-33-39(34-32-38)50-36-51(58-54(57-50)40-19-7-4-8-20-40)42-22-15-21-41(35-42)37-17-5-3-6-18-37/h3-36H,1-2H3. The van der Waals surface area contributed by atoms with Crippen LogP contribution in [0.25, 0.3) is 56.2 Å². The minimum atomic E-state index is -0.564. The molecule has 0 N–H and O–H groups in total. The van der Waals surface area contributed by atoms with E-state index in [1.165, 1.54) is 33.4 Å². The largest absolute Gasteiger partial charge is 0.456 e. The van der Waals surface area contributed by atoms with Crippen molar-refractivity contribution in [3.05, 3.63) is 240 Å². The summed E-state index contributed by atoms with van der Waals surface area (Å²) in [6.45, 7) is 4.71. The van der Waals surface area contributed by atoms with Crippen LogP contribution in [-0.4, -0.2) is 9.97 Å². The van der Waals surface area contributed by atoms with Gasteiger partial charge in [-0.15, -0.1) is 0 Å². The molecule has 0 bridgehead atoms. The Morgan fingerprint density at radius 3 is 1.53 bits per heavy atom. The molecule has 0 unspecified atom stereocenters. The van der Waals surface area contributed by atoms with Crippen molar-refractivity contribution in [2.24, 2.45) is 0 Å². The van der Waals surface area contributed by atoms with Crippen LogP contribution in [0.15, 0.2) is 206 Å². The van der Waals surface area contributed by atoms with Crippen LogP contribution in [0, 0.1) is 0 Å². The maximum atomic E-state index is 7.04. The molecule has 1 aliphatic carbocycles. The molecule has 0 radical (unpaired) electrons. The smallest absolute Gasteiger partial charge is 0.160 e. The van der Waals surface area contributed by atoms with E-state index in [0.29, 0.717) is 5.82 Å². The molecular formula is C56H40N2O. The lowest BCUT2D eigenvalue weighted by Crippen LogP contribution is -2.43. The highest BCUT2D eigenvalue weighted by Crippen LogP contribution is 2.62. The molecule has 0 saturated carbocycles. The highest BCUT2D eigenvalue weighted by molar-refractivity contribution is 5.83. The molecule has 9 aromatic rings. The number of rotatable bonds is 5. The zero-order valence-corrected chi connectivity index (χ0v) is 32.9. The topological polar surface area (TPSA) is 35.0 Å². The number of benzene rings is 8. The monoisotopic (exact) mass is 756 g/mol. The number of fused-ring (bicyclic) bond motifs is 8. The summed E-state index contributed by atoms with van der Waals surface area (Å²) < 4.78 is 7.04. The van der Waals surface area contributed by atoms with Crippen LogP contribution in [0.2, 0.25) is 0 Å². The lowest BCUT2D eigenvalue weighted by atomic mass is 9.53. The van der Waals surface area contributed by atoms with Crippen molar-refractivity contribution in [2.45, 2.75) is 24.7 Å². The van der Waals surface area contributed by atoms with E-state index in [1.54, 1.807) is 0 Å².